The molecule has 2 atom stereocenters. The molecule has 0 radical (unpaired) electrons. The zero-order valence-corrected chi connectivity index (χ0v) is 15.7. The van der Waals surface area contributed by atoms with Gasteiger partial charge in [0.05, 0.1) is 6.54 Å². The number of benzene rings is 1. The van der Waals surface area contributed by atoms with Gasteiger partial charge in [-0.2, -0.15) is 0 Å². The highest BCUT2D eigenvalue weighted by atomic mass is 16.5. The second kappa shape index (κ2) is 8.92. The topological polar surface area (TPSA) is 48.9 Å². The van der Waals surface area contributed by atoms with Gasteiger partial charge in [-0.3, -0.25) is 9.89 Å². The fourth-order valence-electron chi connectivity index (χ4n) is 3.03. The standard InChI is InChI=1S/C19H32N4O/c1-14(2)23-12-16(4)17(13-23)22-19(20-5)21-10-11-24-18-9-7-6-8-15(18)3/h6-9,14,16-17H,10-13H2,1-5H3,(H2,20,21,22). The minimum Gasteiger partial charge on any atom is -0.491 e. The first kappa shape index (κ1) is 18.6. The molecule has 1 aliphatic heterocycles. The van der Waals surface area contributed by atoms with Gasteiger partial charge in [0.1, 0.15) is 12.4 Å². The Labute approximate surface area is 146 Å². The average Bonchev–Trinajstić information content (AvgIpc) is 2.93. The number of hydrogen-bond donors (Lipinski definition) is 2. The average molecular weight is 332 g/mol. The van der Waals surface area contributed by atoms with Crippen molar-refractivity contribution in [3.63, 3.8) is 0 Å². The Kier molecular flexibility index (Phi) is 6.91. The largest absolute Gasteiger partial charge is 0.491 e. The van der Waals surface area contributed by atoms with Gasteiger partial charge in [-0.05, 0) is 38.3 Å². The van der Waals surface area contributed by atoms with E-state index in [2.05, 4.69) is 54.3 Å². The van der Waals surface area contributed by atoms with Crippen LogP contribution in [0.2, 0.25) is 0 Å². The van der Waals surface area contributed by atoms with Crippen LogP contribution in [0.4, 0.5) is 0 Å². The Hall–Kier alpha value is -1.75. The van der Waals surface area contributed by atoms with Crippen LogP contribution < -0.4 is 15.4 Å². The molecule has 1 saturated heterocycles. The summed E-state index contributed by atoms with van der Waals surface area (Å²) < 4.78 is 5.82. The van der Waals surface area contributed by atoms with E-state index in [0.29, 0.717) is 24.6 Å². The number of nitrogens with one attached hydrogen (secondary N) is 2. The van der Waals surface area contributed by atoms with E-state index < -0.39 is 0 Å². The van der Waals surface area contributed by atoms with Crippen LogP contribution in [-0.2, 0) is 0 Å². The Morgan fingerprint density at radius 3 is 2.71 bits per heavy atom. The summed E-state index contributed by atoms with van der Waals surface area (Å²) in [5.74, 6) is 2.42. The fraction of sp³-hybridized carbons (Fsp3) is 0.632. The van der Waals surface area contributed by atoms with Crippen molar-refractivity contribution in [1.82, 2.24) is 15.5 Å². The summed E-state index contributed by atoms with van der Waals surface area (Å²) >= 11 is 0. The minimum atomic E-state index is 0.441. The number of guanidine groups is 1. The van der Waals surface area contributed by atoms with Crippen molar-refractivity contribution >= 4 is 5.96 Å². The van der Waals surface area contributed by atoms with Crippen LogP contribution in [0.5, 0.6) is 5.75 Å². The van der Waals surface area contributed by atoms with Gasteiger partial charge >= 0.3 is 0 Å². The van der Waals surface area contributed by atoms with Gasteiger partial charge in [-0.1, -0.05) is 25.1 Å². The molecule has 24 heavy (non-hydrogen) atoms. The molecule has 134 valence electrons. The molecule has 0 saturated carbocycles. The third-order valence-electron chi connectivity index (χ3n) is 4.66. The van der Waals surface area contributed by atoms with E-state index in [9.17, 15) is 0 Å². The molecule has 0 aliphatic carbocycles. The highest BCUT2D eigenvalue weighted by molar-refractivity contribution is 5.80. The lowest BCUT2D eigenvalue weighted by molar-refractivity contribution is 0.265. The Bertz CT molecular complexity index is 544. The van der Waals surface area contributed by atoms with Gasteiger partial charge < -0.3 is 15.4 Å². The van der Waals surface area contributed by atoms with Crippen molar-refractivity contribution in [3.8, 4) is 5.75 Å². The Morgan fingerprint density at radius 1 is 1.33 bits per heavy atom. The number of aliphatic imine (C=N–C) groups is 1. The molecule has 2 unspecified atom stereocenters. The van der Waals surface area contributed by atoms with Crippen LogP contribution in [-0.4, -0.2) is 56.2 Å². The molecule has 0 aromatic heterocycles. The lowest BCUT2D eigenvalue weighted by Crippen LogP contribution is -2.47. The zero-order valence-electron chi connectivity index (χ0n) is 15.7. The fourth-order valence-corrected chi connectivity index (χ4v) is 3.03. The quantitative estimate of drug-likeness (QED) is 0.477. The summed E-state index contributed by atoms with van der Waals surface area (Å²) in [6, 6.07) is 9.12. The van der Waals surface area contributed by atoms with Gasteiger partial charge in [0, 0.05) is 32.2 Å². The van der Waals surface area contributed by atoms with E-state index in [-0.39, 0.29) is 0 Å². The van der Waals surface area contributed by atoms with Crippen molar-refractivity contribution in [3.05, 3.63) is 29.8 Å². The minimum absolute atomic E-state index is 0.441. The molecule has 0 spiro atoms. The molecule has 5 heteroatoms. The Morgan fingerprint density at radius 2 is 2.08 bits per heavy atom. The SMILES string of the molecule is CN=C(NCCOc1ccccc1C)NC1CN(C(C)C)CC1C. The summed E-state index contributed by atoms with van der Waals surface area (Å²) in [7, 11) is 1.82. The Balaban J connectivity index is 1.74. The van der Waals surface area contributed by atoms with E-state index in [1.54, 1.807) is 0 Å². The monoisotopic (exact) mass is 332 g/mol. The third kappa shape index (κ3) is 5.13. The number of hydrogen-bond acceptors (Lipinski definition) is 3. The number of likely N-dealkylation sites (tertiary alicyclic amines) is 1. The first-order valence-electron chi connectivity index (χ1n) is 8.91. The molecule has 5 nitrogen and oxygen atoms in total. The lowest BCUT2D eigenvalue weighted by atomic mass is 10.1. The maximum atomic E-state index is 5.82. The predicted octanol–water partition coefficient (Wildman–Crippen LogP) is 2.27. The maximum Gasteiger partial charge on any atom is 0.191 e. The molecule has 0 amide bonds. The smallest absolute Gasteiger partial charge is 0.191 e. The second-order valence-corrected chi connectivity index (χ2v) is 6.89. The van der Waals surface area contributed by atoms with Gasteiger partial charge in [0.15, 0.2) is 5.96 Å². The van der Waals surface area contributed by atoms with Crippen molar-refractivity contribution in [2.24, 2.45) is 10.9 Å². The van der Waals surface area contributed by atoms with Crippen molar-refractivity contribution in [2.45, 2.75) is 39.8 Å². The van der Waals surface area contributed by atoms with Crippen molar-refractivity contribution in [1.29, 1.82) is 0 Å². The normalized spacial score (nSPS) is 22.0. The molecule has 0 bridgehead atoms. The van der Waals surface area contributed by atoms with Crippen LogP contribution >= 0.6 is 0 Å². The highest BCUT2D eigenvalue weighted by Crippen LogP contribution is 2.18. The number of nitrogens with zero attached hydrogens (tertiary/aromatic N) is 2. The summed E-state index contributed by atoms with van der Waals surface area (Å²) in [6.45, 7) is 12.4. The van der Waals surface area contributed by atoms with Gasteiger partial charge in [0.2, 0.25) is 0 Å². The molecule has 2 N–H and O–H groups in total. The zero-order chi connectivity index (χ0) is 17.5. The van der Waals surface area contributed by atoms with Gasteiger partial charge in [0.25, 0.3) is 0 Å². The maximum absolute atomic E-state index is 5.82. The predicted molar refractivity (Wildman–Crippen MR) is 101 cm³/mol. The molecule has 1 aliphatic rings. The molecular weight excluding hydrogens is 300 g/mol. The van der Waals surface area contributed by atoms with Crippen LogP contribution in [0.15, 0.2) is 29.3 Å². The van der Waals surface area contributed by atoms with E-state index in [1.807, 2.05) is 25.2 Å². The summed E-state index contributed by atoms with van der Waals surface area (Å²) in [4.78, 5) is 6.85. The van der Waals surface area contributed by atoms with E-state index in [4.69, 9.17) is 4.74 Å². The van der Waals surface area contributed by atoms with Crippen LogP contribution in [0.3, 0.4) is 0 Å². The van der Waals surface area contributed by atoms with Crippen molar-refractivity contribution in [2.75, 3.05) is 33.3 Å². The van der Waals surface area contributed by atoms with Crippen molar-refractivity contribution < 1.29 is 4.74 Å². The molecule has 1 fully saturated rings. The molecule has 1 aromatic rings. The third-order valence-corrected chi connectivity index (χ3v) is 4.66. The van der Waals surface area contributed by atoms with E-state index >= 15 is 0 Å². The van der Waals surface area contributed by atoms with E-state index in [0.717, 1.165) is 36.9 Å². The van der Waals surface area contributed by atoms with Crippen LogP contribution in [0, 0.1) is 12.8 Å². The number of aryl methyl sites for hydroxylation is 1. The first-order valence-corrected chi connectivity index (χ1v) is 8.91. The van der Waals surface area contributed by atoms with Gasteiger partial charge in [-0.15, -0.1) is 0 Å². The van der Waals surface area contributed by atoms with E-state index in [1.165, 1.54) is 0 Å². The lowest BCUT2D eigenvalue weighted by Gasteiger charge is -2.22. The first-order chi connectivity index (χ1) is 11.5. The molecule has 1 aromatic carbocycles. The number of rotatable bonds is 6. The molecule has 1 heterocycles. The van der Waals surface area contributed by atoms with Crippen LogP contribution in [0.1, 0.15) is 26.3 Å². The summed E-state index contributed by atoms with van der Waals surface area (Å²) in [5, 5.41) is 6.90. The second-order valence-electron chi connectivity index (χ2n) is 6.89. The number of ether oxygens (including phenoxy) is 1. The van der Waals surface area contributed by atoms with Crippen LogP contribution in [0.25, 0.3) is 0 Å². The highest BCUT2D eigenvalue weighted by Gasteiger charge is 2.31. The molecule has 2 rings (SSSR count). The van der Waals surface area contributed by atoms with Gasteiger partial charge in [-0.25, -0.2) is 0 Å². The molecular formula is C19H32N4O. The summed E-state index contributed by atoms with van der Waals surface area (Å²) in [5.41, 5.74) is 1.16. The summed E-state index contributed by atoms with van der Waals surface area (Å²) in [6.07, 6.45) is 0. The number of para-hydroxylation sites is 1.